The van der Waals surface area contributed by atoms with Gasteiger partial charge in [-0.25, -0.2) is 4.98 Å². The predicted molar refractivity (Wildman–Crippen MR) is 87.3 cm³/mol. The smallest absolute Gasteiger partial charge is 0.257 e. The van der Waals surface area contributed by atoms with Crippen molar-refractivity contribution in [3.05, 3.63) is 36.0 Å². The van der Waals surface area contributed by atoms with Crippen molar-refractivity contribution in [2.45, 2.75) is 25.8 Å². The van der Waals surface area contributed by atoms with E-state index >= 15 is 0 Å². The van der Waals surface area contributed by atoms with Gasteiger partial charge in [0.2, 0.25) is 0 Å². The summed E-state index contributed by atoms with van der Waals surface area (Å²) in [6.45, 7) is 3.71. The summed E-state index contributed by atoms with van der Waals surface area (Å²) in [6.07, 6.45) is 8.80. The SMILES string of the molecule is Cc1cncc(N2CCC(N(C)C(=O)c3cnn(C)c3)CC2)n1. The number of rotatable bonds is 3. The first-order chi connectivity index (χ1) is 11.0. The lowest BCUT2D eigenvalue weighted by Crippen LogP contribution is -2.45. The lowest BCUT2D eigenvalue weighted by molar-refractivity contribution is 0.0709. The molecule has 1 amide bonds. The van der Waals surface area contributed by atoms with E-state index in [-0.39, 0.29) is 11.9 Å². The monoisotopic (exact) mass is 314 g/mol. The van der Waals surface area contributed by atoms with Crippen LogP contribution in [0.25, 0.3) is 0 Å². The molecule has 0 saturated carbocycles. The molecule has 0 aromatic carbocycles. The van der Waals surface area contributed by atoms with Crippen LogP contribution in [0, 0.1) is 6.92 Å². The van der Waals surface area contributed by atoms with Gasteiger partial charge in [-0.1, -0.05) is 0 Å². The number of aryl methyl sites for hydroxylation is 2. The summed E-state index contributed by atoms with van der Waals surface area (Å²) in [5, 5.41) is 4.07. The highest BCUT2D eigenvalue weighted by molar-refractivity contribution is 5.93. The second-order valence-electron chi connectivity index (χ2n) is 6.06. The largest absolute Gasteiger partial charge is 0.355 e. The van der Waals surface area contributed by atoms with Gasteiger partial charge in [0, 0.05) is 45.6 Å². The molecular weight excluding hydrogens is 292 g/mol. The van der Waals surface area contributed by atoms with E-state index in [2.05, 4.69) is 20.0 Å². The minimum Gasteiger partial charge on any atom is -0.355 e. The molecule has 1 aliphatic heterocycles. The standard InChI is InChI=1S/C16H22N6O/c1-12-8-17-10-15(19-12)22-6-4-14(5-7-22)21(3)16(23)13-9-18-20(2)11-13/h8-11,14H,4-7H2,1-3H3. The first-order valence-corrected chi connectivity index (χ1v) is 7.84. The van der Waals surface area contributed by atoms with Crippen molar-refractivity contribution in [3.63, 3.8) is 0 Å². The Balaban J connectivity index is 1.61. The molecule has 3 heterocycles. The van der Waals surface area contributed by atoms with E-state index in [0.29, 0.717) is 5.56 Å². The second kappa shape index (κ2) is 6.36. The third-order valence-electron chi connectivity index (χ3n) is 4.35. The van der Waals surface area contributed by atoms with Crippen LogP contribution in [-0.2, 0) is 7.05 Å². The van der Waals surface area contributed by atoms with Gasteiger partial charge in [0.05, 0.1) is 23.7 Å². The first-order valence-electron chi connectivity index (χ1n) is 7.84. The van der Waals surface area contributed by atoms with E-state index in [1.54, 1.807) is 29.5 Å². The average molecular weight is 314 g/mol. The van der Waals surface area contributed by atoms with Gasteiger partial charge in [-0.15, -0.1) is 0 Å². The molecule has 122 valence electrons. The molecule has 7 heteroatoms. The number of hydrogen-bond acceptors (Lipinski definition) is 5. The summed E-state index contributed by atoms with van der Waals surface area (Å²) in [5.74, 6) is 0.955. The maximum absolute atomic E-state index is 12.5. The first kappa shape index (κ1) is 15.5. The van der Waals surface area contributed by atoms with Gasteiger partial charge in [-0.2, -0.15) is 5.10 Å². The molecule has 0 N–H and O–H groups in total. The molecule has 7 nitrogen and oxygen atoms in total. The fraction of sp³-hybridized carbons (Fsp3) is 0.500. The Labute approximate surface area is 135 Å². The minimum atomic E-state index is 0.0342. The van der Waals surface area contributed by atoms with Crippen LogP contribution in [0.4, 0.5) is 5.82 Å². The molecule has 0 atom stereocenters. The summed E-state index contributed by atoms with van der Waals surface area (Å²) in [7, 11) is 3.69. The highest BCUT2D eigenvalue weighted by Crippen LogP contribution is 2.21. The van der Waals surface area contributed by atoms with Crippen LogP contribution in [0.2, 0.25) is 0 Å². The summed E-state index contributed by atoms with van der Waals surface area (Å²) in [5.41, 5.74) is 1.57. The van der Waals surface area contributed by atoms with Gasteiger partial charge < -0.3 is 9.80 Å². The molecule has 1 saturated heterocycles. The highest BCUT2D eigenvalue weighted by Gasteiger charge is 2.27. The van der Waals surface area contributed by atoms with Crippen molar-refractivity contribution >= 4 is 11.7 Å². The van der Waals surface area contributed by atoms with Crippen LogP contribution in [0.1, 0.15) is 28.9 Å². The summed E-state index contributed by atoms with van der Waals surface area (Å²) >= 11 is 0. The summed E-state index contributed by atoms with van der Waals surface area (Å²) in [6, 6.07) is 0.247. The second-order valence-corrected chi connectivity index (χ2v) is 6.06. The van der Waals surface area contributed by atoms with Crippen molar-refractivity contribution in [2.75, 3.05) is 25.0 Å². The molecule has 0 aliphatic carbocycles. The number of anilines is 1. The topological polar surface area (TPSA) is 67.2 Å². The Hall–Kier alpha value is -2.44. The van der Waals surface area contributed by atoms with Crippen LogP contribution < -0.4 is 4.90 Å². The van der Waals surface area contributed by atoms with Crippen LogP contribution in [0.5, 0.6) is 0 Å². The van der Waals surface area contributed by atoms with E-state index in [0.717, 1.165) is 37.4 Å². The fourth-order valence-corrected chi connectivity index (χ4v) is 2.99. The molecule has 23 heavy (non-hydrogen) atoms. The quantitative estimate of drug-likeness (QED) is 0.853. The number of nitrogens with zero attached hydrogens (tertiary/aromatic N) is 6. The molecule has 2 aromatic heterocycles. The molecule has 0 radical (unpaired) electrons. The van der Waals surface area contributed by atoms with Crippen LogP contribution in [0.3, 0.4) is 0 Å². The molecule has 0 spiro atoms. The molecule has 1 fully saturated rings. The Morgan fingerprint density at radius 3 is 2.61 bits per heavy atom. The van der Waals surface area contributed by atoms with Gasteiger partial charge in [-0.05, 0) is 19.8 Å². The van der Waals surface area contributed by atoms with Gasteiger partial charge in [0.25, 0.3) is 5.91 Å². The van der Waals surface area contributed by atoms with E-state index in [4.69, 9.17) is 0 Å². The van der Waals surface area contributed by atoms with Gasteiger partial charge in [-0.3, -0.25) is 14.5 Å². The lowest BCUT2D eigenvalue weighted by atomic mass is 10.0. The zero-order valence-electron chi connectivity index (χ0n) is 13.8. The van der Waals surface area contributed by atoms with Crippen molar-refractivity contribution in [2.24, 2.45) is 7.05 Å². The zero-order valence-corrected chi connectivity index (χ0v) is 13.8. The third-order valence-corrected chi connectivity index (χ3v) is 4.35. The van der Waals surface area contributed by atoms with E-state index in [1.165, 1.54) is 0 Å². The van der Waals surface area contributed by atoms with Crippen molar-refractivity contribution in [1.82, 2.24) is 24.6 Å². The zero-order chi connectivity index (χ0) is 16.4. The molecular formula is C16H22N6O. The molecule has 3 rings (SSSR count). The summed E-state index contributed by atoms with van der Waals surface area (Å²) < 4.78 is 1.65. The Kier molecular flexibility index (Phi) is 4.27. The summed E-state index contributed by atoms with van der Waals surface area (Å²) in [4.78, 5) is 25.3. The van der Waals surface area contributed by atoms with Crippen molar-refractivity contribution < 1.29 is 4.79 Å². The Morgan fingerprint density at radius 2 is 2.00 bits per heavy atom. The van der Waals surface area contributed by atoms with Gasteiger partial charge >= 0.3 is 0 Å². The fourth-order valence-electron chi connectivity index (χ4n) is 2.99. The van der Waals surface area contributed by atoms with Gasteiger partial charge in [0.15, 0.2) is 0 Å². The molecule has 0 bridgehead atoms. The van der Waals surface area contributed by atoms with E-state index < -0.39 is 0 Å². The van der Waals surface area contributed by atoms with Gasteiger partial charge in [0.1, 0.15) is 5.82 Å². The predicted octanol–water partition coefficient (Wildman–Crippen LogP) is 1.26. The number of carbonyl (C=O) groups is 1. The van der Waals surface area contributed by atoms with E-state index in [1.807, 2.05) is 25.9 Å². The number of amides is 1. The Bertz CT molecular complexity index is 689. The van der Waals surface area contributed by atoms with Crippen molar-refractivity contribution in [3.8, 4) is 0 Å². The molecule has 1 aliphatic rings. The van der Waals surface area contributed by atoms with Crippen LogP contribution >= 0.6 is 0 Å². The van der Waals surface area contributed by atoms with Crippen molar-refractivity contribution in [1.29, 1.82) is 0 Å². The number of aromatic nitrogens is 4. The van der Waals surface area contributed by atoms with Crippen LogP contribution in [-0.4, -0.2) is 56.7 Å². The number of piperidine rings is 1. The average Bonchev–Trinajstić information content (AvgIpc) is 3.00. The third kappa shape index (κ3) is 3.33. The lowest BCUT2D eigenvalue weighted by Gasteiger charge is -2.37. The van der Waals surface area contributed by atoms with Crippen LogP contribution in [0.15, 0.2) is 24.8 Å². The highest BCUT2D eigenvalue weighted by atomic mass is 16.2. The maximum Gasteiger partial charge on any atom is 0.257 e. The van der Waals surface area contributed by atoms with E-state index in [9.17, 15) is 4.79 Å². The molecule has 0 unspecified atom stereocenters. The number of carbonyl (C=O) groups excluding carboxylic acids is 1. The number of hydrogen-bond donors (Lipinski definition) is 0. The normalized spacial score (nSPS) is 15.7. The maximum atomic E-state index is 12.5. The Morgan fingerprint density at radius 1 is 1.26 bits per heavy atom. The molecule has 2 aromatic rings. The minimum absolute atomic E-state index is 0.0342.